The lowest BCUT2D eigenvalue weighted by Crippen LogP contribution is -2.44. The van der Waals surface area contributed by atoms with E-state index < -0.39 is 0 Å². The lowest BCUT2D eigenvalue weighted by Gasteiger charge is -2.28. The molecule has 124 valence electrons. The highest BCUT2D eigenvalue weighted by Gasteiger charge is 2.20. The predicted octanol–water partition coefficient (Wildman–Crippen LogP) is 1.73. The molecule has 1 fully saturated rings. The fourth-order valence-electron chi connectivity index (χ4n) is 2.76. The van der Waals surface area contributed by atoms with Gasteiger partial charge in [0.25, 0.3) is 0 Å². The number of hydrogen-bond donors (Lipinski definition) is 2. The Morgan fingerprint density at radius 2 is 2.08 bits per heavy atom. The Morgan fingerprint density at radius 1 is 1.29 bits per heavy atom. The number of ketones is 1. The van der Waals surface area contributed by atoms with Gasteiger partial charge in [0.1, 0.15) is 17.3 Å². The van der Waals surface area contributed by atoms with Crippen LogP contribution < -0.4 is 16.0 Å². The molecule has 1 aliphatic rings. The van der Waals surface area contributed by atoms with E-state index in [2.05, 4.69) is 20.2 Å². The molecular formula is C18H21N5O. The van der Waals surface area contributed by atoms with Gasteiger partial charge in [-0.05, 0) is 31.2 Å². The summed E-state index contributed by atoms with van der Waals surface area (Å²) in [7, 11) is 0. The molecule has 3 N–H and O–H groups in total. The fraction of sp³-hybridized carbons (Fsp3) is 0.278. The minimum absolute atomic E-state index is 0.203. The third-order valence-corrected chi connectivity index (χ3v) is 4.00. The number of carbonyl (C=O) groups is 1. The first-order chi connectivity index (χ1) is 11.7. The smallest absolute Gasteiger partial charge is 0.215 e. The van der Waals surface area contributed by atoms with Crippen molar-refractivity contribution in [2.45, 2.75) is 6.92 Å². The van der Waals surface area contributed by atoms with Gasteiger partial charge in [0, 0.05) is 37.9 Å². The van der Waals surface area contributed by atoms with Gasteiger partial charge < -0.3 is 16.0 Å². The number of allylic oxidation sites excluding steroid dienone is 1. The van der Waals surface area contributed by atoms with Gasteiger partial charge in [-0.25, -0.2) is 9.97 Å². The van der Waals surface area contributed by atoms with Crippen LogP contribution in [0.25, 0.3) is 6.08 Å². The van der Waals surface area contributed by atoms with Crippen molar-refractivity contribution in [1.29, 1.82) is 0 Å². The summed E-state index contributed by atoms with van der Waals surface area (Å²) in [5.41, 5.74) is 7.44. The molecule has 24 heavy (non-hydrogen) atoms. The minimum Gasteiger partial charge on any atom is -0.383 e. The van der Waals surface area contributed by atoms with Gasteiger partial charge in [-0.3, -0.25) is 4.79 Å². The van der Waals surface area contributed by atoms with Gasteiger partial charge in [0.2, 0.25) is 5.78 Å². The molecule has 3 rings (SSSR count). The Kier molecular flexibility index (Phi) is 4.86. The Hall–Kier alpha value is -2.73. The van der Waals surface area contributed by atoms with Crippen molar-refractivity contribution in [1.82, 2.24) is 15.3 Å². The summed E-state index contributed by atoms with van der Waals surface area (Å²) < 4.78 is 0. The van der Waals surface area contributed by atoms with Crippen LogP contribution in [-0.2, 0) is 0 Å². The molecule has 2 aromatic heterocycles. The zero-order valence-electron chi connectivity index (χ0n) is 13.7. The van der Waals surface area contributed by atoms with Crippen LogP contribution in [0.1, 0.15) is 28.5 Å². The van der Waals surface area contributed by atoms with E-state index in [9.17, 15) is 4.79 Å². The molecule has 6 nitrogen and oxygen atoms in total. The van der Waals surface area contributed by atoms with Gasteiger partial charge in [-0.15, -0.1) is 0 Å². The average Bonchev–Trinajstić information content (AvgIpc) is 2.63. The number of aromatic nitrogens is 2. The van der Waals surface area contributed by atoms with Crippen molar-refractivity contribution in [2.75, 3.05) is 36.8 Å². The van der Waals surface area contributed by atoms with E-state index in [0.29, 0.717) is 11.3 Å². The van der Waals surface area contributed by atoms with Gasteiger partial charge in [-0.1, -0.05) is 12.2 Å². The summed E-state index contributed by atoms with van der Waals surface area (Å²) in [6.07, 6.45) is 5.35. The summed E-state index contributed by atoms with van der Waals surface area (Å²) in [5.74, 6) is 0.838. The topological polar surface area (TPSA) is 84.1 Å². The molecule has 0 aromatic carbocycles. The highest BCUT2D eigenvalue weighted by atomic mass is 16.1. The number of pyridine rings is 2. The Morgan fingerprint density at radius 3 is 2.79 bits per heavy atom. The molecule has 0 bridgehead atoms. The van der Waals surface area contributed by atoms with E-state index in [0.717, 1.165) is 37.6 Å². The molecule has 1 saturated heterocycles. The molecule has 2 aromatic rings. The minimum atomic E-state index is -0.203. The highest BCUT2D eigenvalue weighted by molar-refractivity contribution is 6.12. The second kappa shape index (κ2) is 7.23. The number of nitrogen functional groups attached to an aromatic ring is 1. The average molecular weight is 323 g/mol. The van der Waals surface area contributed by atoms with Crippen molar-refractivity contribution in [2.24, 2.45) is 0 Å². The molecule has 0 saturated carbocycles. The van der Waals surface area contributed by atoms with E-state index in [4.69, 9.17) is 5.73 Å². The molecule has 3 heterocycles. The zero-order valence-corrected chi connectivity index (χ0v) is 13.7. The maximum atomic E-state index is 13.0. The first-order valence-electron chi connectivity index (χ1n) is 8.05. The normalized spacial score (nSPS) is 15.0. The van der Waals surface area contributed by atoms with Crippen LogP contribution in [0.5, 0.6) is 0 Å². The first kappa shape index (κ1) is 16.1. The number of piperazine rings is 1. The highest BCUT2D eigenvalue weighted by Crippen LogP contribution is 2.21. The summed E-state index contributed by atoms with van der Waals surface area (Å²) in [5, 5.41) is 3.31. The molecule has 0 aliphatic carbocycles. The summed E-state index contributed by atoms with van der Waals surface area (Å²) in [4.78, 5) is 23.8. The predicted molar refractivity (Wildman–Crippen MR) is 96.1 cm³/mol. The molecule has 0 spiro atoms. The number of rotatable bonds is 4. The zero-order chi connectivity index (χ0) is 16.9. The second-order valence-corrected chi connectivity index (χ2v) is 5.61. The second-order valence-electron chi connectivity index (χ2n) is 5.61. The van der Waals surface area contributed by atoms with Crippen molar-refractivity contribution in [3.05, 3.63) is 53.4 Å². The van der Waals surface area contributed by atoms with E-state index >= 15 is 0 Å². The standard InChI is InChI=1S/C18H21N5O/c1-2-4-13-6-7-15(23-11-9-20-10-12-23)22-16(13)17(24)14-5-3-8-21-18(14)19/h2-8,20H,9-12H2,1H3,(H2,19,21). The lowest BCUT2D eigenvalue weighted by atomic mass is 10.0. The molecule has 1 aliphatic heterocycles. The maximum absolute atomic E-state index is 13.0. The maximum Gasteiger partial charge on any atom is 0.215 e. The monoisotopic (exact) mass is 323 g/mol. The van der Waals surface area contributed by atoms with E-state index in [1.165, 1.54) is 0 Å². The van der Waals surface area contributed by atoms with Crippen molar-refractivity contribution >= 4 is 23.5 Å². The van der Waals surface area contributed by atoms with Crippen molar-refractivity contribution in [3.63, 3.8) is 0 Å². The van der Waals surface area contributed by atoms with E-state index in [1.54, 1.807) is 18.3 Å². The molecular weight excluding hydrogens is 302 g/mol. The lowest BCUT2D eigenvalue weighted by molar-refractivity contribution is 0.103. The molecule has 6 heteroatoms. The van der Waals surface area contributed by atoms with Gasteiger partial charge in [0.15, 0.2) is 0 Å². The van der Waals surface area contributed by atoms with Crippen LogP contribution in [0, 0.1) is 0 Å². The number of nitrogens with two attached hydrogens (primary N) is 1. The van der Waals surface area contributed by atoms with Gasteiger partial charge in [0.05, 0.1) is 5.56 Å². The number of carbonyl (C=O) groups excluding carboxylic acids is 1. The number of anilines is 2. The SMILES string of the molecule is CC=Cc1ccc(N2CCNCC2)nc1C(=O)c1cccnc1N. The van der Waals surface area contributed by atoms with Crippen molar-refractivity contribution in [3.8, 4) is 0 Å². The third-order valence-electron chi connectivity index (χ3n) is 4.00. The van der Waals surface area contributed by atoms with Crippen LogP contribution in [0.4, 0.5) is 11.6 Å². The number of hydrogen-bond acceptors (Lipinski definition) is 6. The Balaban J connectivity index is 2.03. The third kappa shape index (κ3) is 3.28. The molecule has 0 radical (unpaired) electrons. The van der Waals surface area contributed by atoms with E-state index in [1.807, 2.05) is 31.2 Å². The van der Waals surface area contributed by atoms with E-state index in [-0.39, 0.29) is 11.6 Å². The van der Waals surface area contributed by atoms with Crippen LogP contribution in [0.3, 0.4) is 0 Å². The quantitative estimate of drug-likeness (QED) is 0.834. The number of nitrogens with zero attached hydrogens (tertiary/aromatic N) is 3. The van der Waals surface area contributed by atoms with Gasteiger partial charge in [-0.2, -0.15) is 0 Å². The van der Waals surface area contributed by atoms with Gasteiger partial charge >= 0.3 is 0 Å². The number of nitrogens with one attached hydrogen (secondary N) is 1. The molecule has 0 amide bonds. The van der Waals surface area contributed by atoms with Crippen molar-refractivity contribution < 1.29 is 4.79 Å². The van der Waals surface area contributed by atoms with Crippen LogP contribution in [0.2, 0.25) is 0 Å². The molecule has 0 atom stereocenters. The largest absolute Gasteiger partial charge is 0.383 e. The summed E-state index contributed by atoms with van der Waals surface area (Å²) in [6.45, 7) is 5.49. The summed E-state index contributed by atoms with van der Waals surface area (Å²) >= 11 is 0. The van der Waals surface area contributed by atoms with Crippen LogP contribution in [0.15, 0.2) is 36.5 Å². The fourth-order valence-corrected chi connectivity index (χ4v) is 2.76. The van der Waals surface area contributed by atoms with Crippen LogP contribution in [-0.4, -0.2) is 41.9 Å². The van der Waals surface area contributed by atoms with Crippen LogP contribution >= 0.6 is 0 Å². The molecule has 0 unspecified atom stereocenters. The Bertz CT molecular complexity index is 766. The summed E-state index contributed by atoms with van der Waals surface area (Å²) in [6, 6.07) is 7.29. The first-order valence-corrected chi connectivity index (χ1v) is 8.05. The Labute approximate surface area is 141 Å².